The van der Waals surface area contributed by atoms with Gasteiger partial charge < -0.3 is 19.7 Å². The molecule has 0 bridgehead atoms. The van der Waals surface area contributed by atoms with E-state index in [-0.39, 0.29) is 24.0 Å². The van der Waals surface area contributed by atoms with Crippen LogP contribution in [0.15, 0.2) is 59.7 Å². The fourth-order valence-corrected chi connectivity index (χ4v) is 4.43. The van der Waals surface area contributed by atoms with Gasteiger partial charge in [-0.15, -0.1) is 24.0 Å². The minimum absolute atomic E-state index is 0. The van der Waals surface area contributed by atoms with E-state index in [4.69, 9.17) is 9.47 Å². The molecule has 1 fully saturated rings. The number of ether oxygens (including phenoxy) is 2. The maximum absolute atomic E-state index is 5.51. The standard InChI is InChI=1S/C25H29N5O2.HI/c1-26-25(28-11-9-21-5-2-4-20-6-3-10-27-24(20)21)30-14-12-29(13-15-30)17-19-7-8-22-23(16-19)32-18-31-22;/h2-8,10,16H,9,11-15,17-18H2,1H3,(H,26,28);1H. The summed E-state index contributed by atoms with van der Waals surface area (Å²) in [5.74, 6) is 2.67. The van der Waals surface area contributed by atoms with E-state index >= 15 is 0 Å². The van der Waals surface area contributed by atoms with E-state index in [1.807, 2.05) is 25.4 Å². The molecule has 5 rings (SSSR count). The minimum atomic E-state index is 0. The van der Waals surface area contributed by atoms with Crippen LogP contribution in [-0.4, -0.2) is 67.3 Å². The first-order valence-corrected chi connectivity index (χ1v) is 11.2. The molecule has 0 aliphatic carbocycles. The molecule has 1 N–H and O–H groups in total. The number of guanidine groups is 1. The number of nitrogens with one attached hydrogen (secondary N) is 1. The van der Waals surface area contributed by atoms with Crippen molar-refractivity contribution in [1.29, 1.82) is 0 Å². The highest BCUT2D eigenvalue weighted by atomic mass is 127. The zero-order valence-corrected chi connectivity index (χ0v) is 21.2. The molecule has 7 nitrogen and oxygen atoms in total. The van der Waals surface area contributed by atoms with Crippen LogP contribution in [0.25, 0.3) is 10.9 Å². The lowest BCUT2D eigenvalue weighted by Crippen LogP contribution is -2.52. The van der Waals surface area contributed by atoms with Crippen molar-refractivity contribution in [3.63, 3.8) is 0 Å². The number of fused-ring (bicyclic) bond motifs is 2. The van der Waals surface area contributed by atoms with Gasteiger partial charge in [-0.05, 0) is 35.7 Å². The van der Waals surface area contributed by atoms with Crippen molar-refractivity contribution < 1.29 is 9.47 Å². The van der Waals surface area contributed by atoms with Crippen molar-refractivity contribution in [3.8, 4) is 11.5 Å². The monoisotopic (exact) mass is 559 g/mol. The third-order valence-corrected chi connectivity index (χ3v) is 6.12. The molecule has 174 valence electrons. The molecule has 0 unspecified atom stereocenters. The maximum Gasteiger partial charge on any atom is 0.231 e. The van der Waals surface area contributed by atoms with Gasteiger partial charge in [0, 0.05) is 57.9 Å². The molecule has 8 heteroatoms. The average molecular weight is 559 g/mol. The molecule has 0 radical (unpaired) electrons. The number of halogens is 1. The summed E-state index contributed by atoms with van der Waals surface area (Å²) in [5.41, 5.74) is 3.61. The van der Waals surface area contributed by atoms with Crippen molar-refractivity contribution >= 4 is 40.8 Å². The van der Waals surface area contributed by atoms with Crippen molar-refractivity contribution in [2.45, 2.75) is 13.0 Å². The van der Waals surface area contributed by atoms with Crippen LogP contribution in [0.4, 0.5) is 0 Å². The van der Waals surface area contributed by atoms with Crippen LogP contribution >= 0.6 is 24.0 Å². The molecular weight excluding hydrogens is 529 g/mol. The van der Waals surface area contributed by atoms with Crippen LogP contribution in [0.1, 0.15) is 11.1 Å². The van der Waals surface area contributed by atoms with Gasteiger partial charge in [-0.2, -0.15) is 0 Å². The maximum atomic E-state index is 5.51. The summed E-state index contributed by atoms with van der Waals surface area (Å²) < 4.78 is 10.9. The van der Waals surface area contributed by atoms with Gasteiger partial charge >= 0.3 is 0 Å². The largest absolute Gasteiger partial charge is 0.454 e. The number of benzene rings is 2. The molecule has 0 saturated carbocycles. The molecule has 3 heterocycles. The number of para-hydroxylation sites is 1. The van der Waals surface area contributed by atoms with E-state index in [1.165, 1.54) is 16.5 Å². The van der Waals surface area contributed by atoms with Gasteiger partial charge in [0.05, 0.1) is 5.52 Å². The Bertz CT molecular complexity index is 1110. The predicted octanol–water partition coefficient (Wildman–Crippen LogP) is 3.52. The molecule has 0 amide bonds. The number of piperazine rings is 1. The summed E-state index contributed by atoms with van der Waals surface area (Å²) in [5, 5.41) is 4.73. The van der Waals surface area contributed by atoms with Crippen LogP contribution in [0.3, 0.4) is 0 Å². The summed E-state index contributed by atoms with van der Waals surface area (Å²) >= 11 is 0. The van der Waals surface area contributed by atoms with Gasteiger partial charge in [-0.25, -0.2) is 0 Å². The van der Waals surface area contributed by atoms with Gasteiger partial charge in [-0.1, -0.05) is 30.3 Å². The van der Waals surface area contributed by atoms with E-state index < -0.39 is 0 Å². The third kappa shape index (κ3) is 5.50. The number of hydrogen-bond acceptors (Lipinski definition) is 5. The van der Waals surface area contributed by atoms with Gasteiger partial charge in [0.15, 0.2) is 17.5 Å². The van der Waals surface area contributed by atoms with Crippen molar-refractivity contribution in [1.82, 2.24) is 20.1 Å². The van der Waals surface area contributed by atoms with E-state index in [1.54, 1.807) is 0 Å². The minimum Gasteiger partial charge on any atom is -0.454 e. The average Bonchev–Trinajstić information content (AvgIpc) is 3.31. The predicted molar refractivity (Wildman–Crippen MR) is 142 cm³/mol. The number of pyridine rings is 1. The molecule has 0 atom stereocenters. The highest BCUT2D eigenvalue weighted by Crippen LogP contribution is 2.32. The fourth-order valence-electron chi connectivity index (χ4n) is 4.43. The Hall–Kier alpha value is -2.59. The number of aromatic nitrogens is 1. The van der Waals surface area contributed by atoms with Gasteiger partial charge in [-0.3, -0.25) is 14.9 Å². The number of hydrogen-bond donors (Lipinski definition) is 1. The molecule has 1 aromatic heterocycles. The quantitative estimate of drug-likeness (QED) is 0.294. The lowest BCUT2D eigenvalue weighted by Gasteiger charge is -2.36. The van der Waals surface area contributed by atoms with E-state index in [9.17, 15) is 0 Å². The highest BCUT2D eigenvalue weighted by molar-refractivity contribution is 14.0. The first-order valence-electron chi connectivity index (χ1n) is 11.2. The van der Waals surface area contributed by atoms with Crippen LogP contribution in [0.5, 0.6) is 11.5 Å². The van der Waals surface area contributed by atoms with E-state index in [0.29, 0.717) is 6.79 Å². The zero-order chi connectivity index (χ0) is 21.8. The molecule has 3 aromatic rings. The molecule has 0 spiro atoms. The summed E-state index contributed by atoms with van der Waals surface area (Å²) in [6.07, 6.45) is 2.78. The lowest BCUT2D eigenvalue weighted by molar-refractivity contribution is 0.171. The molecular formula is C25H30IN5O2. The Morgan fingerprint density at radius 3 is 2.70 bits per heavy atom. The first kappa shape index (κ1) is 23.6. The molecule has 2 aromatic carbocycles. The third-order valence-electron chi connectivity index (χ3n) is 6.12. The number of nitrogens with zero attached hydrogens (tertiary/aromatic N) is 4. The van der Waals surface area contributed by atoms with Crippen molar-refractivity contribution in [3.05, 3.63) is 65.9 Å². The first-order chi connectivity index (χ1) is 15.8. The van der Waals surface area contributed by atoms with E-state index in [2.05, 4.69) is 61.5 Å². The number of aliphatic imine (C=N–C) groups is 1. The SMILES string of the molecule is CN=C(NCCc1cccc2cccnc12)N1CCN(Cc2ccc3c(c2)OCO3)CC1.I. The van der Waals surface area contributed by atoms with Crippen LogP contribution in [-0.2, 0) is 13.0 Å². The lowest BCUT2D eigenvalue weighted by atomic mass is 10.1. The Balaban J connectivity index is 0.00000259. The van der Waals surface area contributed by atoms with Crippen LogP contribution < -0.4 is 14.8 Å². The smallest absolute Gasteiger partial charge is 0.231 e. The topological polar surface area (TPSA) is 62.2 Å². The molecule has 33 heavy (non-hydrogen) atoms. The van der Waals surface area contributed by atoms with Crippen molar-refractivity contribution in [2.75, 3.05) is 46.6 Å². The summed E-state index contributed by atoms with van der Waals surface area (Å²) in [6, 6.07) is 16.7. The van der Waals surface area contributed by atoms with Crippen LogP contribution in [0, 0.1) is 0 Å². The molecule has 2 aliphatic rings. The van der Waals surface area contributed by atoms with Gasteiger partial charge in [0.2, 0.25) is 6.79 Å². The summed E-state index contributed by atoms with van der Waals surface area (Å²) in [7, 11) is 1.86. The second-order valence-corrected chi connectivity index (χ2v) is 8.17. The fraction of sp³-hybridized carbons (Fsp3) is 0.360. The molecule has 2 aliphatic heterocycles. The Morgan fingerprint density at radius 1 is 1.03 bits per heavy atom. The van der Waals surface area contributed by atoms with Crippen LogP contribution in [0.2, 0.25) is 0 Å². The number of rotatable bonds is 5. The Labute approximate surface area is 211 Å². The Morgan fingerprint density at radius 2 is 1.85 bits per heavy atom. The Kier molecular flexibility index (Phi) is 7.87. The van der Waals surface area contributed by atoms with Crippen molar-refractivity contribution in [2.24, 2.45) is 4.99 Å². The van der Waals surface area contributed by atoms with E-state index in [0.717, 1.165) is 68.7 Å². The second-order valence-electron chi connectivity index (χ2n) is 8.17. The second kappa shape index (κ2) is 11.0. The summed E-state index contributed by atoms with van der Waals surface area (Å²) in [6.45, 7) is 6.00. The summed E-state index contributed by atoms with van der Waals surface area (Å²) in [4.78, 5) is 13.9. The van der Waals surface area contributed by atoms with Gasteiger partial charge in [0.25, 0.3) is 0 Å². The zero-order valence-electron chi connectivity index (χ0n) is 18.9. The normalized spacial score (nSPS) is 16.0. The molecule has 1 saturated heterocycles. The van der Waals surface area contributed by atoms with Gasteiger partial charge in [0.1, 0.15) is 0 Å². The highest BCUT2D eigenvalue weighted by Gasteiger charge is 2.21.